The van der Waals surface area contributed by atoms with Gasteiger partial charge in [-0.05, 0) is 26.3 Å². The van der Waals surface area contributed by atoms with Crippen LogP contribution in [0.3, 0.4) is 0 Å². The van der Waals surface area contributed by atoms with Gasteiger partial charge in [-0.15, -0.1) is 11.3 Å². The molecule has 3 N–H and O–H groups in total. The number of aromatic nitrogens is 1. The number of rotatable bonds is 4. The second kappa shape index (κ2) is 4.91. The summed E-state index contributed by atoms with van der Waals surface area (Å²) in [5, 5.41) is 4.02. The van der Waals surface area contributed by atoms with Gasteiger partial charge in [0, 0.05) is 10.9 Å². The first-order valence-electron chi connectivity index (χ1n) is 5.63. The molecule has 1 aromatic rings. The molecule has 0 aliphatic carbocycles. The molecule has 2 rings (SSSR count). The van der Waals surface area contributed by atoms with Crippen molar-refractivity contribution in [3.8, 4) is 0 Å². The van der Waals surface area contributed by atoms with Gasteiger partial charge < -0.3 is 11.1 Å². The Morgan fingerprint density at radius 1 is 1.59 bits per heavy atom. The largest absolute Gasteiger partial charge is 0.358 e. The van der Waals surface area contributed by atoms with Crippen LogP contribution in [0.5, 0.6) is 0 Å². The number of thiazole rings is 1. The Morgan fingerprint density at radius 2 is 2.35 bits per heavy atom. The summed E-state index contributed by atoms with van der Waals surface area (Å²) >= 11 is 1.57. The van der Waals surface area contributed by atoms with Gasteiger partial charge in [-0.2, -0.15) is 0 Å². The molecule has 0 aromatic carbocycles. The highest BCUT2D eigenvalue weighted by molar-refractivity contribution is 7.91. The van der Waals surface area contributed by atoms with Crippen LogP contribution < -0.4 is 11.1 Å². The first kappa shape index (κ1) is 12.8. The molecule has 5 nitrogen and oxygen atoms in total. The zero-order chi connectivity index (χ0) is 12.5. The molecule has 2 heterocycles. The van der Waals surface area contributed by atoms with E-state index in [4.69, 9.17) is 5.73 Å². The lowest BCUT2D eigenvalue weighted by atomic mass is 10.3. The molecule has 1 atom stereocenters. The number of nitrogens with zero attached hydrogens (tertiary/aromatic N) is 1. The number of aryl methyl sites for hydroxylation is 1. The smallest absolute Gasteiger partial charge is 0.183 e. The Labute approximate surface area is 105 Å². The molecular formula is C10H17N3O2S2. The number of sulfone groups is 1. The number of nitrogens with one attached hydrogen (secondary N) is 1. The van der Waals surface area contributed by atoms with Crippen molar-refractivity contribution in [3.05, 3.63) is 10.6 Å². The third-order valence-electron chi connectivity index (χ3n) is 2.82. The topological polar surface area (TPSA) is 85.1 Å². The standard InChI is InChI=1S/C10H17N3O2S2/c1-7-9(2-4-11)16-10(12-7)13-8-3-5-17(14,15)6-8/h8H,2-6,11H2,1H3,(H,12,13). The zero-order valence-corrected chi connectivity index (χ0v) is 11.4. The summed E-state index contributed by atoms with van der Waals surface area (Å²) in [4.78, 5) is 5.57. The number of nitrogens with two attached hydrogens (primary N) is 1. The highest BCUT2D eigenvalue weighted by Crippen LogP contribution is 2.25. The van der Waals surface area contributed by atoms with Crippen molar-refractivity contribution in [2.24, 2.45) is 5.73 Å². The van der Waals surface area contributed by atoms with E-state index in [0.717, 1.165) is 17.2 Å². The lowest BCUT2D eigenvalue weighted by Crippen LogP contribution is -2.20. The summed E-state index contributed by atoms with van der Waals surface area (Å²) in [5.74, 6) is 0.503. The average Bonchev–Trinajstić information content (AvgIpc) is 2.72. The third-order valence-corrected chi connectivity index (χ3v) is 5.74. The molecule has 1 aliphatic rings. The van der Waals surface area contributed by atoms with Crippen molar-refractivity contribution in [3.63, 3.8) is 0 Å². The Hall–Kier alpha value is -0.660. The summed E-state index contributed by atoms with van der Waals surface area (Å²) < 4.78 is 22.7. The van der Waals surface area contributed by atoms with Gasteiger partial charge in [-0.25, -0.2) is 13.4 Å². The maximum atomic E-state index is 11.3. The fourth-order valence-corrected chi connectivity index (χ4v) is 4.66. The normalized spacial score (nSPS) is 22.8. The Bertz CT molecular complexity index is 496. The molecule has 0 bridgehead atoms. The van der Waals surface area contributed by atoms with Crippen LogP contribution in [0.2, 0.25) is 0 Å². The van der Waals surface area contributed by atoms with Crippen molar-refractivity contribution >= 4 is 26.3 Å². The van der Waals surface area contributed by atoms with Gasteiger partial charge in [-0.1, -0.05) is 0 Å². The predicted octanol–water partition coefficient (Wildman–Crippen LogP) is 0.552. The van der Waals surface area contributed by atoms with Gasteiger partial charge in [0.05, 0.1) is 17.2 Å². The van der Waals surface area contributed by atoms with Crippen molar-refractivity contribution in [1.29, 1.82) is 0 Å². The van der Waals surface area contributed by atoms with E-state index >= 15 is 0 Å². The zero-order valence-electron chi connectivity index (χ0n) is 9.77. The second-order valence-corrected chi connectivity index (χ2v) is 7.62. The fraction of sp³-hybridized carbons (Fsp3) is 0.700. The van der Waals surface area contributed by atoms with Crippen LogP contribution in [0.25, 0.3) is 0 Å². The van der Waals surface area contributed by atoms with Crippen LogP contribution in [0.4, 0.5) is 5.13 Å². The quantitative estimate of drug-likeness (QED) is 0.838. The van der Waals surface area contributed by atoms with Crippen LogP contribution in [0, 0.1) is 6.92 Å². The molecule has 0 saturated carbocycles. The SMILES string of the molecule is Cc1nc(NC2CCS(=O)(=O)C2)sc1CCN. The van der Waals surface area contributed by atoms with Gasteiger partial charge in [0.2, 0.25) is 0 Å². The summed E-state index contributed by atoms with van der Waals surface area (Å²) in [6.45, 7) is 2.57. The van der Waals surface area contributed by atoms with Gasteiger partial charge in [-0.3, -0.25) is 0 Å². The van der Waals surface area contributed by atoms with Crippen molar-refractivity contribution < 1.29 is 8.42 Å². The molecule has 1 aliphatic heterocycles. The van der Waals surface area contributed by atoms with E-state index in [1.807, 2.05) is 6.92 Å². The van der Waals surface area contributed by atoms with Gasteiger partial charge in [0.1, 0.15) is 0 Å². The number of hydrogen-bond acceptors (Lipinski definition) is 6. The van der Waals surface area contributed by atoms with Gasteiger partial charge in [0.25, 0.3) is 0 Å². The van der Waals surface area contributed by atoms with Crippen molar-refractivity contribution in [1.82, 2.24) is 4.98 Å². The molecule has 1 saturated heterocycles. The van der Waals surface area contributed by atoms with Crippen LogP contribution >= 0.6 is 11.3 Å². The average molecular weight is 275 g/mol. The third kappa shape index (κ3) is 3.17. The van der Waals surface area contributed by atoms with Crippen molar-refractivity contribution in [2.45, 2.75) is 25.8 Å². The van der Waals surface area contributed by atoms with E-state index < -0.39 is 9.84 Å². The van der Waals surface area contributed by atoms with Crippen molar-refractivity contribution in [2.75, 3.05) is 23.4 Å². The van der Waals surface area contributed by atoms with Gasteiger partial charge >= 0.3 is 0 Å². The maximum absolute atomic E-state index is 11.3. The van der Waals surface area contributed by atoms with E-state index in [1.165, 1.54) is 4.88 Å². The molecule has 1 fully saturated rings. The molecule has 17 heavy (non-hydrogen) atoms. The first-order valence-corrected chi connectivity index (χ1v) is 8.27. The minimum atomic E-state index is -2.83. The van der Waals surface area contributed by atoms with E-state index in [1.54, 1.807) is 11.3 Å². The molecule has 0 amide bonds. The maximum Gasteiger partial charge on any atom is 0.183 e. The highest BCUT2D eigenvalue weighted by Gasteiger charge is 2.28. The molecule has 7 heteroatoms. The summed E-state index contributed by atoms with van der Waals surface area (Å²) in [6.07, 6.45) is 1.50. The number of anilines is 1. The van der Waals surface area contributed by atoms with E-state index in [2.05, 4.69) is 10.3 Å². The lowest BCUT2D eigenvalue weighted by molar-refractivity contribution is 0.602. The fourth-order valence-electron chi connectivity index (χ4n) is 1.94. The summed E-state index contributed by atoms with van der Waals surface area (Å²) in [5.41, 5.74) is 6.51. The van der Waals surface area contributed by atoms with E-state index in [0.29, 0.717) is 13.0 Å². The Morgan fingerprint density at radius 3 is 2.94 bits per heavy atom. The van der Waals surface area contributed by atoms with Crippen LogP contribution in [-0.4, -0.2) is 37.5 Å². The van der Waals surface area contributed by atoms with E-state index in [-0.39, 0.29) is 17.5 Å². The highest BCUT2D eigenvalue weighted by atomic mass is 32.2. The molecule has 0 radical (unpaired) electrons. The molecular weight excluding hydrogens is 258 g/mol. The van der Waals surface area contributed by atoms with Crippen LogP contribution in [-0.2, 0) is 16.3 Å². The minimum Gasteiger partial charge on any atom is -0.358 e. The first-order chi connectivity index (χ1) is 8.00. The lowest BCUT2D eigenvalue weighted by Gasteiger charge is -2.08. The predicted molar refractivity (Wildman–Crippen MR) is 70.3 cm³/mol. The molecule has 1 aromatic heterocycles. The van der Waals surface area contributed by atoms with Gasteiger partial charge in [0.15, 0.2) is 15.0 Å². The monoisotopic (exact) mass is 275 g/mol. The minimum absolute atomic E-state index is 0.0104. The Kier molecular flexibility index (Phi) is 3.70. The second-order valence-electron chi connectivity index (χ2n) is 4.31. The van der Waals surface area contributed by atoms with Crippen LogP contribution in [0.15, 0.2) is 0 Å². The number of hydrogen-bond donors (Lipinski definition) is 2. The Balaban J connectivity index is 2.02. The summed E-state index contributed by atoms with van der Waals surface area (Å²) in [6, 6.07) is 0.0104. The van der Waals surface area contributed by atoms with Crippen LogP contribution in [0.1, 0.15) is 17.0 Å². The molecule has 1 unspecified atom stereocenters. The summed E-state index contributed by atoms with van der Waals surface area (Å²) in [7, 11) is -2.83. The molecule has 0 spiro atoms. The molecule has 96 valence electrons. The van der Waals surface area contributed by atoms with E-state index in [9.17, 15) is 8.42 Å².